The van der Waals surface area contributed by atoms with E-state index in [-0.39, 0.29) is 25.0 Å². The third kappa shape index (κ3) is 3.08. The first-order chi connectivity index (χ1) is 9.11. The first kappa shape index (κ1) is 13.5. The van der Waals surface area contributed by atoms with E-state index >= 15 is 0 Å². The summed E-state index contributed by atoms with van der Waals surface area (Å²) in [6, 6.07) is 2.96. The number of fused-ring (bicyclic) bond motifs is 1. The molecule has 0 unspecified atom stereocenters. The molecule has 0 fully saturated rings. The maximum Gasteiger partial charge on any atom is 0.325 e. The minimum atomic E-state index is -0.498. The van der Waals surface area contributed by atoms with E-state index in [2.05, 4.69) is 5.32 Å². The van der Waals surface area contributed by atoms with Gasteiger partial charge in [-0.25, -0.2) is 0 Å². The van der Waals surface area contributed by atoms with Crippen LogP contribution in [-0.4, -0.2) is 31.8 Å². The van der Waals surface area contributed by atoms with Crippen molar-refractivity contribution in [3.05, 3.63) is 22.7 Å². The molecule has 1 amide bonds. The minimum absolute atomic E-state index is 0.0724. The summed E-state index contributed by atoms with van der Waals surface area (Å²) >= 11 is 5.95. The number of hydrogen-bond acceptors (Lipinski definition) is 5. The SMILES string of the molecule is CCOC(=O)CNC(=O)c1cc(Cl)c2c(c1)OCO2. The lowest BCUT2D eigenvalue weighted by molar-refractivity contribution is -0.141. The van der Waals surface area contributed by atoms with E-state index in [0.717, 1.165) is 0 Å². The first-order valence-electron chi connectivity index (χ1n) is 5.64. The van der Waals surface area contributed by atoms with Crippen LogP contribution in [0.3, 0.4) is 0 Å². The minimum Gasteiger partial charge on any atom is -0.465 e. The highest BCUT2D eigenvalue weighted by molar-refractivity contribution is 6.32. The molecule has 0 spiro atoms. The Morgan fingerprint density at radius 3 is 2.95 bits per heavy atom. The molecule has 2 rings (SSSR count). The Morgan fingerprint density at radius 1 is 1.42 bits per heavy atom. The van der Waals surface area contributed by atoms with Crippen molar-refractivity contribution in [2.45, 2.75) is 6.92 Å². The number of rotatable bonds is 4. The van der Waals surface area contributed by atoms with E-state index in [1.54, 1.807) is 6.92 Å². The summed E-state index contributed by atoms with van der Waals surface area (Å²) in [7, 11) is 0. The zero-order chi connectivity index (χ0) is 13.8. The molecule has 0 saturated heterocycles. The lowest BCUT2D eigenvalue weighted by Crippen LogP contribution is -2.30. The van der Waals surface area contributed by atoms with Gasteiger partial charge in [0.15, 0.2) is 11.5 Å². The van der Waals surface area contributed by atoms with Crippen molar-refractivity contribution in [1.29, 1.82) is 0 Å². The number of halogens is 1. The maximum absolute atomic E-state index is 11.8. The summed E-state index contributed by atoms with van der Waals surface area (Å²) in [6.07, 6.45) is 0. The average molecular weight is 286 g/mol. The molecule has 6 nitrogen and oxygen atoms in total. The molecule has 1 aliphatic heterocycles. The fourth-order valence-corrected chi connectivity index (χ4v) is 1.83. The summed E-state index contributed by atoms with van der Waals surface area (Å²) in [6.45, 7) is 1.84. The number of amides is 1. The molecule has 0 bridgehead atoms. The molecular formula is C12H12ClNO5. The molecule has 0 radical (unpaired) electrons. The van der Waals surface area contributed by atoms with Crippen LogP contribution in [-0.2, 0) is 9.53 Å². The number of esters is 1. The van der Waals surface area contributed by atoms with Crippen LogP contribution in [0.2, 0.25) is 5.02 Å². The largest absolute Gasteiger partial charge is 0.465 e. The van der Waals surface area contributed by atoms with Crippen LogP contribution >= 0.6 is 11.6 Å². The Morgan fingerprint density at radius 2 is 2.21 bits per heavy atom. The second-order valence-electron chi connectivity index (χ2n) is 3.68. The number of hydrogen-bond donors (Lipinski definition) is 1. The van der Waals surface area contributed by atoms with Gasteiger partial charge in [-0.3, -0.25) is 9.59 Å². The highest BCUT2D eigenvalue weighted by Crippen LogP contribution is 2.39. The molecular weight excluding hydrogens is 274 g/mol. The Balaban J connectivity index is 2.04. The van der Waals surface area contributed by atoms with E-state index < -0.39 is 11.9 Å². The molecule has 0 saturated carbocycles. The molecule has 1 heterocycles. The molecule has 0 aromatic heterocycles. The molecule has 0 atom stereocenters. The zero-order valence-electron chi connectivity index (χ0n) is 10.2. The van der Waals surface area contributed by atoms with Gasteiger partial charge in [0.05, 0.1) is 11.6 Å². The second-order valence-corrected chi connectivity index (χ2v) is 4.09. The van der Waals surface area contributed by atoms with Crippen molar-refractivity contribution in [2.75, 3.05) is 19.9 Å². The Kier molecular flexibility index (Phi) is 4.11. The Hall–Kier alpha value is -1.95. The Bertz CT molecular complexity index is 517. The summed E-state index contributed by atoms with van der Waals surface area (Å²) < 4.78 is 15.0. The Labute approximate surface area is 114 Å². The molecule has 19 heavy (non-hydrogen) atoms. The van der Waals surface area contributed by atoms with Crippen LogP contribution in [0.5, 0.6) is 11.5 Å². The van der Waals surface area contributed by atoms with Gasteiger partial charge in [0.1, 0.15) is 6.54 Å². The summed E-state index contributed by atoms with van der Waals surface area (Å²) in [5.74, 6) is -0.103. The van der Waals surface area contributed by atoms with Crippen molar-refractivity contribution in [3.8, 4) is 11.5 Å². The van der Waals surface area contributed by atoms with Crippen molar-refractivity contribution >= 4 is 23.5 Å². The van der Waals surface area contributed by atoms with Gasteiger partial charge in [-0.2, -0.15) is 0 Å². The lowest BCUT2D eigenvalue weighted by atomic mass is 10.2. The smallest absolute Gasteiger partial charge is 0.325 e. The lowest BCUT2D eigenvalue weighted by Gasteiger charge is -2.06. The molecule has 1 aliphatic rings. The number of carbonyl (C=O) groups is 2. The summed E-state index contributed by atoms with van der Waals surface area (Å²) in [4.78, 5) is 23.0. The molecule has 1 aromatic rings. The van der Waals surface area contributed by atoms with E-state index in [1.165, 1.54) is 12.1 Å². The number of nitrogens with one attached hydrogen (secondary N) is 1. The van der Waals surface area contributed by atoms with Gasteiger partial charge >= 0.3 is 5.97 Å². The molecule has 102 valence electrons. The highest BCUT2D eigenvalue weighted by Gasteiger charge is 2.20. The van der Waals surface area contributed by atoms with Gasteiger partial charge in [0.2, 0.25) is 6.79 Å². The zero-order valence-corrected chi connectivity index (χ0v) is 11.0. The molecule has 7 heteroatoms. The average Bonchev–Trinajstić information content (AvgIpc) is 2.85. The topological polar surface area (TPSA) is 73.9 Å². The molecule has 1 N–H and O–H groups in total. The van der Waals surface area contributed by atoms with Crippen LogP contribution in [0, 0.1) is 0 Å². The van der Waals surface area contributed by atoms with Crippen LogP contribution < -0.4 is 14.8 Å². The monoisotopic (exact) mass is 285 g/mol. The van der Waals surface area contributed by atoms with Gasteiger partial charge in [-0.1, -0.05) is 11.6 Å². The number of benzene rings is 1. The fraction of sp³-hybridized carbons (Fsp3) is 0.333. The van der Waals surface area contributed by atoms with Crippen molar-refractivity contribution in [1.82, 2.24) is 5.32 Å². The van der Waals surface area contributed by atoms with Gasteiger partial charge in [-0.05, 0) is 19.1 Å². The van der Waals surface area contributed by atoms with Crippen LogP contribution in [0.1, 0.15) is 17.3 Å². The first-order valence-corrected chi connectivity index (χ1v) is 6.02. The van der Waals surface area contributed by atoms with Crippen LogP contribution in [0.4, 0.5) is 0 Å². The molecule has 0 aliphatic carbocycles. The summed E-state index contributed by atoms with van der Waals surface area (Å²) in [5, 5.41) is 2.72. The standard InChI is InChI=1S/C12H12ClNO5/c1-2-17-10(15)5-14-12(16)7-3-8(13)11-9(4-7)18-6-19-11/h3-4H,2,5-6H2,1H3,(H,14,16). The normalized spacial score (nSPS) is 12.1. The van der Waals surface area contributed by atoms with E-state index in [4.69, 9.17) is 25.8 Å². The summed E-state index contributed by atoms with van der Waals surface area (Å²) in [5.41, 5.74) is 0.290. The van der Waals surface area contributed by atoms with E-state index in [9.17, 15) is 9.59 Å². The maximum atomic E-state index is 11.8. The number of ether oxygens (including phenoxy) is 3. The molecule has 1 aromatic carbocycles. The fourth-order valence-electron chi connectivity index (χ4n) is 1.56. The van der Waals surface area contributed by atoms with Crippen LogP contribution in [0.25, 0.3) is 0 Å². The van der Waals surface area contributed by atoms with Gasteiger partial charge < -0.3 is 19.5 Å². The number of carbonyl (C=O) groups excluding carboxylic acids is 2. The van der Waals surface area contributed by atoms with E-state index in [1.807, 2.05) is 0 Å². The predicted molar refractivity (Wildman–Crippen MR) is 66.5 cm³/mol. The predicted octanol–water partition coefficient (Wildman–Crippen LogP) is 1.36. The third-order valence-electron chi connectivity index (χ3n) is 2.39. The highest BCUT2D eigenvalue weighted by atomic mass is 35.5. The van der Waals surface area contributed by atoms with E-state index in [0.29, 0.717) is 17.1 Å². The van der Waals surface area contributed by atoms with Gasteiger partial charge in [-0.15, -0.1) is 0 Å². The van der Waals surface area contributed by atoms with Crippen molar-refractivity contribution < 1.29 is 23.8 Å². The van der Waals surface area contributed by atoms with Gasteiger partial charge in [0, 0.05) is 5.56 Å². The quantitative estimate of drug-likeness (QED) is 0.846. The third-order valence-corrected chi connectivity index (χ3v) is 2.67. The van der Waals surface area contributed by atoms with Gasteiger partial charge in [0.25, 0.3) is 5.91 Å². The van der Waals surface area contributed by atoms with Crippen molar-refractivity contribution in [3.63, 3.8) is 0 Å². The van der Waals surface area contributed by atoms with Crippen LogP contribution in [0.15, 0.2) is 12.1 Å². The second kappa shape index (κ2) is 5.79. The van der Waals surface area contributed by atoms with Crippen molar-refractivity contribution in [2.24, 2.45) is 0 Å².